The highest BCUT2D eigenvalue weighted by molar-refractivity contribution is 4.67. The molecule has 0 aliphatic heterocycles. The topological polar surface area (TPSA) is 23.1 Å². The van der Waals surface area contributed by atoms with Crippen molar-refractivity contribution < 1.29 is 4.65 Å². The first-order valence-corrected chi connectivity index (χ1v) is 10.7. The highest BCUT2D eigenvalue weighted by Crippen LogP contribution is 2.26. The molecule has 0 radical (unpaired) electrons. The SMILES string of the molecule is CCCCCCCCCCCCCC[N+](C)([O-])C1CCCCC1. The van der Waals surface area contributed by atoms with Crippen LogP contribution in [0.15, 0.2) is 0 Å². The first kappa shape index (κ1) is 21.0. The van der Waals surface area contributed by atoms with Crippen LogP contribution in [0.5, 0.6) is 0 Å². The zero-order chi connectivity index (χ0) is 16.8. The molecule has 0 aromatic rings. The Morgan fingerprint density at radius 2 is 1.13 bits per heavy atom. The van der Waals surface area contributed by atoms with Gasteiger partial charge in [-0.25, -0.2) is 0 Å². The Labute approximate surface area is 146 Å². The predicted molar refractivity (Wildman–Crippen MR) is 102 cm³/mol. The molecule has 0 aromatic heterocycles. The molecule has 23 heavy (non-hydrogen) atoms. The fourth-order valence-corrected chi connectivity index (χ4v) is 4.08. The molecule has 0 saturated heterocycles. The van der Waals surface area contributed by atoms with Crippen LogP contribution >= 0.6 is 0 Å². The van der Waals surface area contributed by atoms with Gasteiger partial charge in [0.15, 0.2) is 0 Å². The van der Waals surface area contributed by atoms with Gasteiger partial charge in [-0.15, -0.1) is 0 Å². The molecule has 1 saturated carbocycles. The third kappa shape index (κ3) is 10.4. The molecule has 1 unspecified atom stereocenters. The lowest BCUT2D eigenvalue weighted by atomic mass is 9.94. The first-order chi connectivity index (χ1) is 11.2. The van der Waals surface area contributed by atoms with Crippen LogP contribution in [0.1, 0.15) is 116 Å². The minimum absolute atomic E-state index is 0.0394. The van der Waals surface area contributed by atoms with Crippen LogP contribution in [-0.2, 0) is 0 Å². The highest BCUT2D eigenvalue weighted by Gasteiger charge is 2.25. The molecule has 0 heterocycles. The maximum absolute atomic E-state index is 12.7. The monoisotopic (exact) mass is 325 g/mol. The smallest absolute Gasteiger partial charge is 0.0885 e. The summed E-state index contributed by atoms with van der Waals surface area (Å²) in [6.45, 7) is 3.13. The number of quaternary nitrogens is 1. The molecule has 0 aromatic carbocycles. The second-order valence-electron chi connectivity index (χ2n) is 8.08. The quantitative estimate of drug-likeness (QED) is 0.192. The van der Waals surface area contributed by atoms with Gasteiger partial charge in [0.1, 0.15) is 0 Å². The van der Waals surface area contributed by atoms with Crippen LogP contribution in [0.2, 0.25) is 0 Å². The summed E-state index contributed by atoms with van der Waals surface area (Å²) in [7, 11) is 1.93. The molecule has 0 spiro atoms. The van der Waals surface area contributed by atoms with Crippen LogP contribution in [0.25, 0.3) is 0 Å². The Bertz CT molecular complexity index is 259. The summed E-state index contributed by atoms with van der Waals surface area (Å²) in [5.41, 5.74) is 0. The van der Waals surface area contributed by atoms with Crippen LogP contribution in [0.3, 0.4) is 0 Å². The van der Waals surface area contributed by atoms with Gasteiger partial charge in [-0.3, -0.25) is 0 Å². The fraction of sp³-hybridized carbons (Fsp3) is 1.00. The van der Waals surface area contributed by atoms with Crippen molar-refractivity contribution in [3.8, 4) is 0 Å². The maximum atomic E-state index is 12.7. The summed E-state index contributed by atoms with van der Waals surface area (Å²) in [5.74, 6) is 0. The number of unbranched alkanes of at least 4 members (excludes halogenated alkanes) is 11. The molecule has 0 N–H and O–H groups in total. The zero-order valence-corrected chi connectivity index (χ0v) is 16.2. The summed E-state index contributed by atoms with van der Waals surface area (Å²) < 4.78 is 0.0394. The van der Waals surface area contributed by atoms with Crippen molar-refractivity contribution in [2.45, 2.75) is 122 Å². The summed E-state index contributed by atoms with van der Waals surface area (Å²) >= 11 is 0. The Morgan fingerprint density at radius 1 is 0.696 bits per heavy atom. The third-order valence-electron chi connectivity index (χ3n) is 5.80. The summed E-state index contributed by atoms with van der Waals surface area (Å²) in [5, 5.41) is 12.7. The number of hydrogen-bond acceptors (Lipinski definition) is 1. The van der Waals surface area contributed by atoms with Gasteiger partial charge >= 0.3 is 0 Å². The molecule has 1 aliphatic carbocycles. The minimum Gasteiger partial charge on any atom is -0.633 e. The lowest BCUT2D eigenvalue weighted by Gasteiger charge is -2.47. The van der Waals surface area contributed by atoms with Crippen molar-refractivity contribution in [3.05, 3.63) is 5.21 Å². The molecule has 1 rings (SSSR count). The second-order valence-corrected chi connectivity index (χ2v) is 8.08. The molecular formula is C21H43NO. The highest BCUT2D eigenvalue weighted by atomic mass is 16.5. The van der Waals surface area contributed by atoms with E-state index in [1.807, 2.05) is 7.05 Å². The van der Waals surface area contributed by atoms with Gasteiger partial charge in [0.05, 0.1) is 19.6 Å². The van der Waals surface area contributed by atoms with E-state index < -0.39 is 0 Å². The van der Waals surface area contributed by atoms with Crippen LogP contribution < -0.4 is 0 Å². The zero-order valence-electron chi connectivity index (χ0n) is 16.2. The fourth-order valence-electron chi connectivity index (χ4n) is 4.08. The van der Waals surface area contributed by atoms with E-state index in [4.69, 9.17) is 0 Å². The van der Waals surface area contributed by atoms with E-state index in [2.05, 4.69) is 6.92 Å². The normalized spacial score (nSPS) is 18.9. The van der Waals surface area contributed by atoms with E-state index in [1.54, 1.807) is 0 Å². The Hall–Kier alpha value is -0.0800. The molecule has 2 nitrogen and oxygen atoms in total. The van der Waals surface area contributed by atoms with E-state index in [1.165, 1.54) is 89.9 Å². The van der Waals surface area contributed by atoms with Crippen molar-refractivity contribution in [1.82, 2.24) is 0 Å². The predicted octanol–water partition coefficient (Wildman–Crippen LogP) is 6.96. The number of hydrogen-bond donors (Lipinski definition) is 0. The molecule has 0 amide bonds. The van der Waals surface area contributed by atoms with Crippen molar-refractivity contribution in [2.75, 3.05) is 13.6 Å². The van der Waals surface area contributed by atoms with E-state index in [0.29, 0.717) is 6.04 Å². The molecule has 1 atom stereocenters. The maximum Gasteiger partial charge on any atom is 0.0885 e. The van der Waals surface area contributed by atoms with E-state index >= 15 is 0 Å². The third-order valence-corrected chi connectivity index (χ3v) is 5.80. The number of nitrogens with zero attached hydrogens (tertiary/aromatic N) is 1. The van der Waals surface area contributed by atoms with Crippen molar-refractivity contribution in [3.63, 3.8) is 0 Å². The first-order valence-electron chi connectivity index (χ1n) is 10.7. The molecule has 1 fully saturated rings. The number of rotatable bonds is 14. The number of hydroxylamine groups is 3. The lowest BCUT2D eigenvalue weighted by Crippen LogP contribution is -2.48. The Balaban J connectivity index is 1.87. The molecule has 0 bridgehead atoms. The van der Waals surface area contributed by atoms with Crippen molar-refractivity contribution in [1.29, 1.82) is 0 Å². The van der Waals surface area contributed by atoms with Gasteiger partial charge in [-0.05, 0) is 38.5 Å². The van der Waals surface area contributed by atoms with Crippen LogP contribution in [-0.4, -0.2) is 24.3 Å². The second kappa shape index (κ2) is 13.2. The largest absolute Gasteiger partial charge is 0.633 e. The lowest BCUT2D eigenvalue weighted by molar-refractivity contribution is -0.888. The van der Waals surface area contributed by atoms with Gasteiger partial charge in [0.2, 0.25) is 0 Å². The van der Waals surface area contributed by atoms with Crippen molar-refractivity contribution >= 4 is 0 Å². The van der Waals surface area contributed by atoms with Crippen molar-refractivity contribution in [2.24, 2.45) is 0 Å². The summed E-state index contributed by atoms with van der Waals surface area (Å²) in [6.07, 6.45) is 22.7. The van der Waals surface area contributed by atoms with E-state index in [-0.39, 0.29) is 4.65 Å². The summed E-state index contributed by atoms with van der Waals surface area (Å²) in [4.78, 5) is 0. The average molecular weight is 326 g/mol. The minimum atomic E-state index is 0.0394. The van der Waals surface area contributed by atoms with Crippen LogP contribution in [0.4, 0.5) is 0 Å². The van der Waals surface area contributed by atoms with E-state index in [0.717, 1.165) is 25.8 Å². The Kier molecular flexibility index (Phi) is 12.1. The van der Waals surface area contributed by atoms with Gasteiger partial charge in [-0.1, -0.05) is 77.6 Å². The average Bonchev–Trinajstić information content (AvgIpc) is 2.56. The van der Waals surface area contributed by atoms with Crippen LogP contribution in [0, 0.1) is 5.21 Å². The van der Waals surface area contributed by atoms with E-state index in [9.17, 15) is 5.21 Å². The molecule has 1 aliphatic rings. The molecule has 138 valence electrons. The molecule has 2 heteroatoms. The van der Waals surface area contributed by atoms with Gasteiger partial charge < -0.3 is 9.85 Å². The standard InChI is InChI=1S/C21H43NO/c1-3-4-5-6-7-8-9-10-11-12-13-17-20-22(2,23)21-18-15-14-16-19-21/h21H,3-20H2,1-2H3. The Morgan fingerprint density at radius 3 is 1.61 bits per heavy atom. The summed E-state index contributed by atoms with van der Waals surface area (Å²) in [6, 6.07) is 0.399. The van der Waals surface area contributed by atoms with Gasteiger partial charge in [-0.2, -0.15) is 0 Å². The molecular weight excluding hydrogens is 282 g/mol. The van der Waals surface area contributed by atoms with Gasteiger partial charge in [0.25, 0.3) is 0 Å². The van der Waals surface area contributed by atoms with Gasteiger partial charge in [0, 0.05) is 0 Å².